The van der Waals surface area contributed by atoms with Gasteiger partial charge in [-0.15, -0.1) is 0 Å². The van der Waals surface area contributed by atoms with E-state index >= 15 is 0 Å². The molecule has 0 saturated carbocycles. The van der Waals surface area contributed by atoms with Crippen LogP contribution in [0.1, 0.15) is 11.1 Å². The van der Waals surface area contributed by atoms with Gasteiger partial charge in [0.05, 0.1) is 31.1 Å². The fraction of sp³-hybridized carbons (Fsp3) is 0.444. The molecule has 0 amide bonds. The van der Waals surface area contributed by atoms with Crippen molar-refractivity contribution in [2.45, 2.75) is 13.0 Å². The van der Waals surface area contributed by atoms with Crippen LogP contribution in [0.15, 0.2) is 36.8 Å². The van der Waals surface area contributed by atoms with Gasteiger partial charge in [-0.2, -0.15) is 10.2 Å². The van der Waals surface area contributed by atoms with Crippen LogP contribution in [0.4, 0.5) is 0 Å². The Morgan fingerprint density at radius 3 is 3.12 bits per heavy atom. The van der Waals surface area contributed by atoms with Gasteiger partial charge in [-0.25, -0.2) is 0 Å². The Bertz CT molecular complexity index is 808. The number of hydrogen-bond donors (Lipinski definition) is 1. The van der Waals surface area contributed by atoms with Gasteiger partial charge >= 0.3 is 0 Å². The lowest BCUT2D eigenvalue weighted by molar-refractivity contribution is 0.121. The van der Waals surface area contributed by atoms with E-state index in [0.29, 0.717) is 5.92 Å². The smallest absolute Gasteiger partial charge is 0.0650 e. The molecule has 3 aromatic rings. The highest BCUT2D eigenvalue weighted by Crippen LogP contribution is 2.19. The van der Waals surface area contributed by atoms with E-state index in [1.807, 2.05) is 24.1 Å². The first kappa shape index (κ1) is 15.4. The molecule has 0 unspecified atom stereocenters. The fourth-order valence-electron chi connectivity index (χ4n) is 3.48. The van der Waals surface area contributed by atoms with Crippen LogP contribution in [-0.2, 0) is 24.8 Å². The fourth-order valence-corrected chi connectivity index (χ4v) is 3.48. The lowest BCUT2D eigenvalue weighted by Gasteiger charge is -2.22. The van der Waals surface area contributed by atoms with Crippen molar-refractivity contribution in [2.24, 2.45) is 13.0 Å². The van der Waals surface area contributed by atoms with Crippen LogP contribution < -0.4 is 0 Å². The van der Waals surface area contributed by atoms with Crippen molar-refractivity contribution in [3.8, 4) is 0 Å². The summed E-state index contributed by atoms with van der Waals surface area (Å²) in [5.41, 5.74) is 3.70. The van der Waals surface area contributed by atoms with Gasteiger partial charge in [0, 0.05) is 43.8 Å². The summed E-state index contributed by atoms with van der Waals surface area (Å²) in [5.74, 6) is 0.508. The molecule has 126 valence electrons. The minimum atomic E-state index is 0.508. The largest absolute Gasteiger partial charge is 0.380 e. The van der Waals surface area contributed by atoms with Gasteiger partial charge in [0.25, 0.3) is 0 Å². The third-order valence-corrected chi connectivity index (χ3v) is 4.62. The molecule has 0 aliphatic carbocycles. The monoisotopic (exact) mass is 325 g/mol. The number of nitrogens with zero attached hydrogens (tertiary/aromatic N) is 4. The van der Waals surface area contributed by atoms with E-state index in [0.717, 1.165) is 44.8 Å². The lowest BCUT2D eigenvalue weighted by atomic mass is 9.98. The zero-order chi connectivity index (χ0) is 16.4. The van der Waals surface area contributed by atoms with Crippen molar-refractivity contribution in [2.75, 3.05) is 26.3 Å². The molecule has 1 aromatic carbocycles. The Morgan fingerprint density at radius 1 is 1.29 bits per heavy atom. The van der Waals surface area contributed by atoms with Crippen molar-refractivity contribution in [3.05, 3.63) is 47.9 Å². The number of benzene rings is 1. The van der Waals surface area contributed by atoms with Gasteiger partial charge < -0.3 is 4.74 Å². The van der Waals surface area contributed by atoms with Gasteiger partial charge in [0.2, 0.25) is 0 Å². The molecule has 0 radical (unpaired) electrons. The molecular formula is C18H23N5O. The topological polar surface area (TPSA) is 59.0 Å². The maximum absolute atomic E-state index is 5.84. The Kier molecular flexibility index (Phi) is 4.32. The first-order valence-corrected chi connectivity index (χ1v) is 8.46. The summed E-state index contributed by atoms with van der Waals surface area (Å²) in [6, 6.07) is 6.54. The normalized spacial score (nSPS) is 19.6. The average Bonchev–Trinajstić information content (AvgIpc) is 3.13. The highest BCUT2D eigenvalue weighted by Gasteiger charge is 2.19. The summed E-state index contributed by atoms with van der Waals surface area (Å²) in [7, 11) is 1.96. The lowest BCUT2D eigenvalue weighted by Crippen LogP contribution is -2.30. The summed E-state index contributed by atoms with van der Waals surface area (Å²) in [4.78, 5) is 2.48. The number of ether oxygens (including phenoxy) is 1. The third kappa shape index (κ3) is 3.49. The summed E-state index contributed by atoms with van der Waals surface area (Å²) in [6.45, 7) is 4.60. The van der Waals surface area contributed by atoms with Crippen LogP contribution in [0.5, 0.6) is 0 Å². The minimum Gasteiger partial charge on any atom is -0.380 e. The quantitative estimate of drug-likeness (QED) is 0.797. The molecule has 1 N–H and O–H groups in total. The van der Waals surface area contributed by atoms with E-state index in [9.17, 15) is 0 Å². The first-order chi connectivity index (χ1) is 11.8. The Morgan fingerprint density at radius 2 is 2.25 bits per heavy atom. The number of aromatic amines is 1. The van der Waals surface area contributed by atoms with Gasteiger partial charge in [-0.3, -0.25) is 14.7 Å². The zero-order valence-electron chi connectivity index (χ0n) is 14.0. The molecule has 1 fully saturated rings. The second kappa shape index (κ2) is 6.75. The van der Waals surface area contributed by atoms with Crippen molar-refractivity contribution in [1.82, 2.24) is 24.9 Å². The number of aromatic nitrogens is 4. The number of fused-ring (bicyclic) bond motifs is 1. The maximum Gasteiger partial charge on any atom is 0.0650 e. The van der Waals surface area contributed by atoms with Crippen LogP contribution in [0, 0.1) is 5.92 Å². The van der Waals surface area contributed by atoms with E-state index in [1.165, 1.54) is 16.5 Å². The average molecular weight is 325 g/mol. The molecule has 3 heterocycles. The van der Waals surface area contributed by atoms with Crippen LogP contribution >= 0.6 is 0 Å². The molecule has 1 aliphatic rings. The number of H-pyrrole nitrogens is 1. The molecule has 6 nitrogen and oxygen atoms in total. The van der Waals surface area contributed by atoms with Gasteiger partial charge in [0.15, 0.2) is 0 Å². The molecule has 24 heavy (non-hydrogen) atoms. The van der Waals surface area contributed by atoms with Gasteiger partial charge in [-0.05, 0) is 30.0 Å². The number of aryl methyl sites for hydroxylation is 1. The third-order valence-electron chi connectivity index (χ3n) is 4.62. The predicted octanol–water partition coefficient (Wildman–Crippen LogP) is 1.99. The van der Waals surface area contributed by atoms with Crippen molar-refractivity contribution in [3.63, 3.8) is 0 Å². The van der Waals surface area contributed by atoms with Crippen LogP contribution in [0.25, 0.3) is 10.9 Å². The van der Waals surface area contributed by atoms with Crippen molar-refractivity contribution >= 4 is 10.9 Å². The summed E-state index contributed by atoms with van der Waals surface area (Å²) >= 11 is 0. The van der Waals surface area contributed by atoms with E-state index in [-0.39, 0.29) is 0 Å². The zero-order valence-corrected chi connectivity index (χ0v) is 14.0. The number of hydrogen-bond acceptors (Lipinski definition) is 4. The summed E-state index contributed by atoms with van der Waals surface area (Å²) < 4.78 is 7.71. The molecule has 1 atom stereocenters. The predicted molar refractivity (Wildman–Crippen MR) is 92.6 cm³/mol. The van der Waals surface area contributed by atoms with E-state index in [1.54, 1.807) is 0 Å². The molecule has 1 saturated heterocycles. The summed E-state index contributed by atoms with van der Waals surface area (Å²) in [5, 5.41) is 12.5. The van der Waals surface area contributed by atoms with Crippen LogP contribution in [0.2, 0.25) is 0 Å². The van der Waals surface area contributed by atoms with Gasteiger partial charge in [-0.1, -0.05) is 6.07 Å². The first-order valence-electron chi connectivity index (χ1n) is 8.46. The van der Waals surface area contributed by atoms with Crippen molar-refractivity contribution in [1.29, 1.82) is 0 Å². The van der Waals surface area contributed by atoms with E-state index < -0.39 is 0 Å². The highest BCUT2D eigenvalue weighted by atomic mass is 16.5. The minimum absolute atomic E-state index is 0.508. The summed E-state index contributed by atoms with van der Waals surface area (Å²) in [6.07, 6.45) is 6.96. The molecule has 2 aromatic heterocycles. The molecular weight excluding hydrogens is 302 g/mol. The second-order valence-corrected chi connectivity index (χ2v) is 6.69. The number of nitrogens with one attached hydrogen (secondary N) is 1. The Balaban J connectivity index is 1.43. The Hall–Kier alpha value is -2.18. The highest BCUT2D eigenvalue weighted by molar-refractivity contribution is 5.78. The second-order valence-electron chi connectivity index (χ2n) is 6.69. The van der Waals surface area contributed by atoms with Gasteiger partial charge in [0.1, 0.15) is 0 Å². The van der Waals surface area contributed by atoms with Crippen LogP contribution in [-0.4, -0.2) is 51.2 Å². The molecule has 6 heteroatoms. The molecule has 1 aliphatic heterocycles. The standard InChI is InChI=1S/C18H23N5O/c1-22-10-16(8-20-22)12-23-4-5-24-13-15(11-23)6-14-2-3-18-17(7-14)9-19-21-18/h2-3,7-10,15H,4-6,11-13H2,1H3,(H,19,21)/t15-/m1/s1. The molecule has 0 bridgehead atoms. The molecule has 4 rings (SSSR count). The number of rotatable bonds is 4. The van der Waals surface area contributed by atoms with E-state index in [4.69, 9.17) is 4.74 Å². The molecule has 0 spiro atoms. The Labute approximate surface area is 141 Å². The van der Waals surface area contributed by atoms with Crippen LogP contribution in [0.3, 0.4) is 0 Å². The SMILES string of the molecule is Cn1cc(CN2CCOC[C@H](Cc3ccc4[nH]ncc4c3)C2)cn1. The van der Waals surface area contributed by atoms with E-state index in [2.05, 4.69) is 44.6 Å². The van der Waals surface area contributed by atoms with Crippen molar-refractivity contribution < 1.29 is 4.74 Å². The maximum atomic E-state index is 5.84.